The lowest BCUT2D eigenvalue weighted by molar-refractivity contribution is 0.0751. The van der Waals surface area contributed by atoms with Gasteiger partial charge in [-0.25, -0.2) is 4.39 Å². The number of hydrogen-bond donors (Lipinski definition) is 4. The number of phenolic OH excluding ortho intramolecular Hbond substituents is 1. The van der Waals surface area contributed by atoms with E-state index < -0.39 is 17.8 Å². The third-order valence-electron chi connectivity index (χ3n) is 3.31. The Morgan fingerprint density at radius 1 is 1.53 bits per heavy atom. The molecule has 19 heavy (non-hydrogen) atoms. The van der Waals surface area contributed by atoms with Crippen molar-refractivity contribution in [3.05, 3.63) is 29.6 Å². The molecule has 1 saturated heterocycles. The fourth-order valence-corrected chi connectivity index (χ4v) is 2.14. The number of hydrogen-bond acceptors (Lipinski definition) is 4. The van der Waals surface area contributed by atoms with Gasteiger partial charge < -0.3 is 20.8 Å². The second-order valence-electron chi connectivity index (χ2n) is 4.69. The van der Waals surface area contributed by atoms with Gasteiger partial charge in [0.2, 0.25) is 0 Å². The van der Waals surface area contributed by atoms with Crippen LogP contribution in [0.4, 0.5) is 4.39 Å². The number of piperidine rings is 1. The molecule has 0 bridgehead atoms. The second-order valence-corrected chi connectivity index (χ2v) is 4.69. The minimum atomic E-state index is -0.679. The van der Waals surface area contributed by atoms with Gasteiger partial charge in [-0.15, -0.1) is 0 Å². The first kappa shape index (κ1) is 13.8. The third-order valence-corrected chi connectivity index (χ3v) is 3.31. The average Bonchev–Trinajstić information content (AvgIpc) is 2.40. The summed E-state index contributed by atoms with van der Waals surface area (Å²) in [5, 5.41) is 24.6. The molecular weight excluding hydrogens is 251 g/mol. The molecule has 1 aromatic rings. The van der Waals surface area contributed by atoms with Crippen molar-refractivity contribution in [2.75, 3.05) is 19.6 Å². The van der Waals surface area contributed by atoms with Crippen molar-refractivity contribution >= 4 is 5.91 Å². The van der Waals surface area contributed by atoms with Crippen molar-refractivity contribution < 1.29 is 19.4 Å². The molecule has 1 fully saturated rings. The lowest BCUT2D eigenvalue weighted by atomic mass is 9.95. The van der Waals surface area contributed by atoms with Crippen LogP contribution in [0.15, 0.2) is 18.2 Å². The number of rotatable bonds is 3. The highest BCUT2D eigenvalue weighted by Crippen LogP contribution is 2.16. The standard InChI is InChI=1S/C13H17FN2O3/c14-11-2-1-9(17)5-10(11)13(19)16-6-8-3-4-15-7-12(8)18/h1-2,5,8,12,15,17-18H,3-4,6-7H2,(H,16,19)/t8-,12+/m0/s1. The maximum absolute atomic E-state index is 13.4. The van der Waals surface area contributed by atoms with Crippen LogP contribution in [0.5, 0.6) is 5.75 Å². The van der Waals surface area contributed by atoms with E-state index in [-0.39, 0.29) is 23.8 Å². The molecule has 4 N–H and O–H groups in total. The summed E-state index contributed by atoms with van der Waals surface area (Å²) in [5.41, 5.74) is -0.191. The minimum Gasteiger partial charge on any atom is -0.508 e. The molecule has 1 heterocycles. The van der Waals surface area contributed by atoms with E-state index in [1.807, 2.05) is 0 Å². The van der Waals surface area contributed by atoms with Crippen LogP contribution in [0.25, 0.3) is 0 Å². The van der Waals surface area contributed by atoms with E-state index >= 15 is 0 Å². The molecule has 0 aromatic heterocycles. The molecular formula is C13H17FN2O3. The molecule has 1 aliphatic rings. The first-order valence-electron chi connectivity index (χ1n) is 6.23. The summed E-state index contributed by atoms with van der Waals surface area (Å²) in [7, 11) is 0. The van der Waals surface area contributed by atoms with Crippen LogP contribution < -0.4 is 10.6 Å². The summed E-state index contributed by atoms with van der Waals surface area (Å²) in [5.74, 6) is -1.46. The molecule has 0 spiro atoms. The molecule has 2 rings (SSSR count). The van der Waals surface area contributed by atoms with Gasteiger partial charge in [0, 0.05) is 19.0 Å². The Bertz CT molecular complexity index is 467. The molecule has 1 aromatic carbocycles. The van der Waals surface area contributed by atoms with Crippen molar-refractivity contribution in [1.29, 1.82) is 0 Å². The Hall–Kier alpha value is -1.66. The summed E-state index contributed by atoms with van der Waals surface area (Å²) >= 11 is 0. The van der Waals surface area contributed by atoms with Crippen molar-refractivity contribution in [2.24, 2.45) is 5.92 Å². The summed E-state index contributed by atoms with van der Waals surface area (Å²) < 4.78 is 13.4. The molecule has 0 saturated carbocycles. The van der Waals surface area contributed by atoms with Crippen LogP contribution in [0.3, 0.4) is 0 Å². The Balaban J connectivity index is 1.95. The summed E-state index contributed by atoms with van der Waals surface area (Å²) in [4.78, 5) is 11.8. The van der Waals surface area contributed by atoms with Gasteiger partial charge in [-0.05, 0) is 31.2 Å². The van der Waals surface area contributed by atoms with Crippen LogP contribution in [-0.2, 0) is 0 Å². The van der Waals surface area contributed by atoms with Gasteiger partial charge in [0.15, 0.2) is 0 Å². The summed E-state index contributed by atoms with van der Waals surface area (Å²) in [6, 6.07) is 3.32. The number of halogens is 1. The minimum absolute atomic E-state index is 0.0365. The van der Waals surface area contributed by atoms with Crippen molar-refractivity contribution in [1.82, 2.24) is 10.6 Å². The largest absolute Gasteiger partial charge is 0.508 e. The number of β-amino-alcohol motifs (C(OH)–C–C–N with tert-alkyl or cyclic N) is 1. The number of amides is 1. The van der Waals surface area contributed by atoms with E-state index in [0.29, 0.717) is 6.54 Å². The summed E-state index contributed by atoms with van der Waals surface area (Å²) in [6.45, 7) is 1.58. The van der Waals surface area contributed by atoms with E-state index in [4.69, 9.17) is 0 Å². The maximum atomic E-state index is 13.4. The molecule has 0 radical (unpaired) electrons. The van der Waals surface area contributed by atoms with Crippen molar-refractivity contribution in [3.8, 4) is 5.75 Å². The van der Waals surface area contributed by atoms with E-state index in [2.05, 4.69) is 10.6 Å². The van der Waals surface area contributed by atoms with Gasteiger partial charge in [0.05, 0.1) is 11.7 Å². The molecule has 104 valence electrons. The number of aliphatic hydroxyl groups excluding tert-OH is 1. The first-order chi connectivity index (χ1) is 9.08. The van der Waals surface area contributed by atoms with E-state index in [9.17, 15) is 19.4 Å². The molecule has 0 unspecified atom stereocenters. The zero-order chi connectivity index (χ0) is 13.8. The number of nitrogens with one attached hydrogen (secondary N) is 2. The zero-order valence-corrected chi connectivity index (χ0v) is 10.4. The van der Waals surface area contributed by atoms with Crippen LogP contribution in [0.1, 0.15) is 16.8 Å². The Morgan fingerprint density at radius 3 is 3.05 bits per heavy atom. The predicted octanol–water partition coefficient (Wildman–Crippen LogP) is 0.232. The smallest absolute Gasteiger partial charge is 0.254 e. The maximum Gasteiger partial charge on any atom is 0.254 e. The molecule has 1 amide bonds. The highest BCUT2D eigenvalue weighted by atomic mass is 19.1. The van der Waals surface area contributed by atoms with E-state index in [1.54, 1.807) is 0 Å². The zero-order valence-electron chi connectivity index (χ0n) is 10.4. The van der Waals surface area contributed by atoms with Gasteiger partial charge in [-0.2, -0.15) is 0 Å². The SMILES string of the molecule is O=C(NC[C@@H]1CCNC[C@H]1O)c1cc(O)ccc1F. The van der Waals surface area contributed by atoms with Gasteiger partial charge in [0.25, 0.3) is 5.91 Å². The Labute approximate surface area is 110 Å². The van der Waals surface area contributed by atoms with Crippen molar-refractivity contribution in [2.45, 2.75) is 12.5 Å². The number of aliphatic hydroxyl groups is 1. The predicted molar refractivity (Wildman–Crippen MR) is 67.4 cm³/mol. The topological polar surface area (TPSA) is 81.6 Å². The molecule has 1 aliphatic heterocycles. The second kappa shape index (κ2) is 5.99. The number of carbonyl (C=O) groups is 1. The number of benzene rings is 1. The normalized spacial score (nSPS) is 23.1. The quantitative estimate of drug-likeness (QED) is 0.632. The Morgan fingerprint density at radius 2 is 2.32 bits per heavy atom. The third kappa shape index (κ3) is 3.42. The van der Waals surface area contributed by atoms with Crippen LogP contribution in [0, 0.1) is 11.7 Å². The van der Waals surface area contributed by atoms with E-state index in [1.165, 1.54) is 6.07 Å². The van der Waals surface area contributed by atoms with Crippen molar-refractivity contribution in [3.63, 3.8) is 0 Å². The van der Waals surface area contributed by atoms with Gasteiger partial charge >= 0.3 is 0 Å². The molecule has 6 heteroatoms. The molecule has 0 aliphatic carbocycles. The fraction of sp³-hybridized carbons (Fsp3) is 0.462. The Kier molecular flexibility index (Phi) is 4.34. The van der Waals surface area contributed by atoms with Gasteiger partial charge in [-0.1, -0.05) is 0 Å². The van der Waals surface area contributed by atoms with E-state index in [0.717, 1.165) is 25.1 Å². The number of aromatic hydroxyl groups is 1. The first-order valence-corrected chi connectivity index (χ1v) is 6.23. The fourth-order valence-electron chi connectivity index (χ4n) is 2.14. The highest BCUT2D eigenvalue weighted by Gasteiger charge is 2.23. The lowest BCUT2D eigenvalue weighted by Gasteiger charge is -2.28. The number of phenols is 1. The molecule has 2 atom stereocenters. The summed E-state index contributed by atoms with van der Waals surface area (Å²) in [6.07, 6.45) is 0.243. The van der Waals surface area contributed by atoms with Crippen LogP contribution in [-0.4, -0.2) is 41.9 Å². The van der Waals surface area contributed by atoms with Crippen LogP contribution in [0.2, 0.25) is 0 Å². The molecule has 5 nitrogen and oxygen atoms in total. The van der Waals surface area contributed by atoms with Crippen LogP contribution >= 0.6 is 0 Å². The lowest BCUT2D eigenvalue weighted by Crippen LogP contribution is -2.45. The average molecular weight is 268 g/mol. The highest BCUT2D eigenvalue weighted by molar-refractivity contribution is 5.94. The number of carbonyl (C=O) groups excluding carboxylic acids is 1. The van der Waals surface area contributed by atoms with Gasteiger partial charge in [-0.3, -0.25) is 4.79 Å². The van der Waals surface area contributed by atoms with Gasteiger partial charge in [0.1, 0.15) is 11.6 Å². The monoisotopic (exact) mass is 268 g/mol.